The summed E-state index contributed by atoms with van der Waals surface area (Å²) in [6.07, 6.45) is -1.46. The minimum Gasteiger partial charge on any atom is -0.321 e. The van der Waals surface area contributed by atoms with Gasteiger partial charge in [0, 0.05) is 18.3 Å². The highest BCUT2D eigenvalue weighted by Gasteiger charge is 2.30. The summed E-state index contributed by atoms with van der Waals surface area (Å²) in [5.41, 5.74) is 0.550. The molecule has 0 spiro atoms. The fraction of sp³-hybridized carbons (Fsp3) is 0.100. The van der Waals surface area contributed by atoms with Crippen molar-refractivity contribution in [1.29, 1.82) is 0 Å². The van der Waals surface area contributed by atoms with E-state index in [1.807, 2.05) is 0 Å². The first-order valence-electron chi connectivity index (χ1n) is 8.62. The maximum absolute atomic E-state index is 12.6. The molecule has 1 heterocycles. The Morgan fingerprint density at radius 2 is 1.63 bits per heavy atom. The average Bonchev–Trinajstić information content (AvgIpc) is 2.73. The highest BCUT2D eigenvalue weighted by molar-refractivity contribution is 7.89. The minimum atomic E-state index is -4.54. The molecule has 0 saturated heterocycles. The fourth-order valence-electron chi connectivity index (χ4n) is 2.50. The molecule has 6 nitrogen and oxygen atoms in total. The molecule has 0 radical (unpaired) electrons. The van der Waals surface area contributed by atoms with E-state index in [1.165, 1.54) is 18.3 Å². The molecule has 0 bridgehead atoms. The van der Waals surface area contributed by atoms with E-state index < -0.39 is 21.8 Å². The smallest absolute Gasteiger partial charge is 0.321 e. The van der Waals surface area contributed by atoms with Crippen LogP contribution in [0.5, 0.6) is 0 Å². The molecule has 10 heteroatoms. The lowest BCUT2D eigenvalue weighted by molar-refractivity contribution is -0.137. The van der Waals surface area contributed by atoms with E-state index in [9.17, 15) is 26.4 Å². The molecule has 0 atom stereocenters. The van der Waals surface area contributed by atoms with Gasteiger partial charge in [-0.15, -0.1) is 0 Å². The predicted molar refractivity (Wildman–Crippen MR) is 104 cm³/mol. The van der Waals surface area contributed by atoms with Crippen LogP contribution in [0.3, 0.4) is 0 Å². The molecule has 3 rings (SSSR count). The lowest BCUT2D eigenvalue weighted by Gasteiger charge is -2.10. The van der Waals surface area contributed by atoms with E-state index in [-0.39, 0.29) is 17.3 Å². The minimum absolute atomic E-state index is 0.0894. The summed E-state index contributed by atoms with van der Waals surface area (Å²) >= 11 is 0. The first-order chi connectivity index (χ1) is 14.1. The van der Waals surface area contributed by atoms with Crippen molar-refractivity contribution >= 4 is 21.6 Å². The SMILES string of the molecule is O=C(Nc1cccnc1)c1ccc(CNS(=O)(=O)c2ccc(C(F)(F)F)cc2)cc1. The largest absolute Gasteiger partial charge is 0.416 e. The monoisotopic (exact) mass is 435 g/mol. The number of pyridine rings is 1. The molecule has 0 aliphatic rings. The molecule has 0 fully saturated rings. The molecule has 1 amide bonds. The van der Waals surface area contributed by atoms with Crippen molar-refractivity contribution in [3.63, 3.8) is 0 Å². The molecule has 0 unspecified atom stereocenters. The number of hydrogen-bond acceptors (Lipinski definition) is 4. The van der Waals surface area contributed by atoms with Gasteiger partial charge in [-0.3, -0.25) is 9.78 Å². The van der Waals surface area contributed by atoms with E-state index in [2.05, 4.69) is 15.0 Å². The first-order valence-corrected chi connectivity index (χ1v) is 10.1. The summed E-state index contributed by atoms with van der Waals surface area (Å²) in [5.74, 6) is -0.347. The highest BCUT2D eigenvalue weighted by Crippen LogP contribution is 2.29. The Kier molecular flexibility index (Phi) is 6.18. The topological polar surface area (TPSA) is 88.2 Å². The second-order valence-corrected chi connectivity index (χ2v) is 8.01. The van der Waals surface area contributed by atoms with Crippen LogP contribution in [0.4, 0.5) is 18.9 Å². The zero-order valence-electron chi connectivity index (χ0n) is 15.3. The number of alkyl halides is 3. The normalized spacial score (nSPS) is 11.8. The van der Waals surface area contributed by atoms with Crippen LogP contribution >= 0.6 is 0 Å². The predicted octanol–water partition coefficient (Wildman–Crippen LogP) is 3.83. The van der Waals surface area contributed by atoms with Gasteiger partial charge in [0.2, 0.25) is 10.0 Å². The van der Waals surface area contributed by atoms with E-state index in [4.69, 9.17) is 0 Å². The Morgan fingerprint density at radius 3 is 2.20 bits per heavy atom. The number of aromatic nitrogens is 1. The zero-order valence-corrected chi connectivity index (χ0v) is 16.2. The molecule has 1 aromatic heterocycles. The molecule has 30 heavy (non-hydrogen) atoms. The fourth-order valence-corrected chi connectivity index (χ4v) is 3.52. The molecule has 0 saturated carbocycles. The summed E-state index contributed by atoms with van der Waals surface area (Å²) in [5, 5.41) is 2.68. The van der Waals surface area contributed by atoms with Gasteiger partial charge in [-0.05, 0) is 54.1 Å². The van der Waals surface area contributed by atoms with Gasteiger partial charge >= 0.3 is 6.18 Å². The van der Waals surface area contributed by atoms with Gasteiger partial charge in [-0.1, -0.05) is 12.1 Å². The second-order valence-electron chi connectivity index (χ2n) is 6.24. The third-order valence-corrected chi connectivity index (χ3v) is 5.51. The van der Waals surface area contributed by atoms with Gasteiger partial charge in [-0.25, -0.2) is 13.1 Å². The molecule has 0 aliphatic heterocycles. The van der Waals surface area contributed by atoms with Crippen molar-refractivity contribution in [1.82, 2.24) is 9.71 Å². The third kappa shape index (κ3) is 5.43. The first kappa shape index (κ1) is 21.5. The number of halogens is 3. The zero-order chi connectivity index (χ0) is 21.8. The van der Waals surface area contributed by atoms with Crippen LogP contribution in [0, 0.1) is 0 Å². The van der Waals surface area contributed by atoms with E-state index in [0.29, 0.717) is 28.9 Å². The number of nitrogens with one attached hydrogen (secondary N) is 2. The molecule has 156 valence electrons. The van der Waals surface area contributed by atoms with Crippen molar-refractivity contribution in [2.75, 3.05) is 5.32 Å². The summed E-state index contributed by atoms with van der Waals surface area (Å²) in [7, 11) is -3.99. The number of carbonyl (C=O) groups excluding carboxylic acids is 1. The third-order valence-electron chi connectivity index (χ3n) is 4.09. The Hall–Kier alpha value is -3.24. The lowest BCUT2D eigenvalue weighted by Crippen LogP contribution is -2.23. The van der Waals surface area contributed by atoms with Gasteiger partial charge in [0.05, 0.1) is 22.3 Å². The molecular formula is C20H16F3N3O3S. The van der Waals surface area contributed by atoms with E-state index in [0.717, 1.165) is 12.1 Å². The van der Waals surface area contributed by atoms with Gasteiger partial charge in [0.15, 0.2) is 0 Å². The van der Waals surface area contributed by atoms with Crippen molar-refractivity contribution in [2.45, 2.75) is 17.6 Å². The standard InChI is InChI=1S/C20H16F3N3O3S/c21-20(22,23)16-7-9-18(10-8-16)30(28,29)25-12-14-3-5-15(6-4-14)19(27)26-17-2-1-11-24-13-17/h1-11,13,25H,12H2,(H,26,27). The number of nitrogens with zero attached hydrogens (tertiary/aromatic N) is 1. The second kappa shape index (κ2) is 8.64. The Morgan fingerprint density at radius 1 is 0.967 bits per heavy atom. The van der Waals surface area contributed by atoms with Crippen LogP contribution in [0.15, 0.2) is 78.0 Å². The summed E-state index contributed by atoms with van der Waals surface area (Å²) in [6, 6.07) is 12.8. The number of sulfonamides is 1. The average molecular weight is 435 g/mol. The maximum Gasteiger partial charge on any atom is 0.416 e. The van der Waals surface area contributed by atoms with Crippen LogP contribution in [-0.4, -0.2) is 19.3 Å². The Bertz CT molecular complexity index is 1120. The van der Waals surface area contributed by atoms with Crippen LogP contribution in [-0.2, 0) is 22.7 Å². The van der Waals surface area contributed by atoms with Gasteiger partial charge in [0.25, 0.3) is 5.91 Å². The number of anilines is 1. The molecular weight excluding hydrogens is 419 g/mol. The highest BCUT2D eigenvalue weighted by atomic mass is 32.2. The van der Waals surface area contributed by atoms with Crippen LogP contribution < -0.4 is 10.0 Å². The number of hydrogen-bond donors (Lipinski definition) is 2. The van der Waals surface area contributed by atoms with E-state index >= 15 is 0 Å². The van der Waals surface area contributed by atoms with Crippen molar-refractivity contribution in [3.8, 4) is 0 Å². The molecule has 3 aromatic rings. The molecule has 2 N–H and O–H groups in total. The van der Waals surface area contributed by atoms with Gasteiger partial charge in [-0.2, -0.15) is 13.2 Å². The van der Waals surface area contributed by atoms with Gasteiger partial charge in [0.1, 0.15) is 0 Å². The summed E-state index contributed by atoms with van der Waals surface area (Å²) in [4.78, 5) is 15.8. The lowest BCUT2D eigenvalue weighted by atomic mass is 10.1. The van der Waals surface area contributed by atoms with Crippen molar-refractivity contribution < 1.29 is 26.4 Å². The molecule has 0 aliphatic carbocycles. The number of carbonyl (C=O) groups is 1. The number of rotatable bonds is 6. The van der Waals surface area contributed by atoms with Crippen LogP contribution in [0.1, 0.15) is 21.5 Å². The van der Waals surface area contributed by atoms with Crippen LogP contribution in [0.2, 0.25) is 0 Å². The van der Waals surface area contributed by atoms with Crippen molar-refractivity contribution in [2.24, 2.45) is 0 Å². The molecule has 2 aromatic carbocycles. The van der Waals surface area contributed by atoms with Crippen molar-refractivity contribution in [3.05, 3.63) is 89.7 Å². The van der Waals surface area contributed by atoms with E-state index in [1.54, 1.807) is 30.5 Å². The number of benzene rings is 2. The Balaban J connectivity index is 1.62. The summed E-state index contributed by atoms with van der Waals surface area (Å²) < 4.78 is 64.7. The quantitative estimate of drug-likeness (QED) is 0.616. The van der Waals surface area contributed by atoms with Gasteiger partial charge < -0.3 is 5.32 Å². The number of amides is 1. The van der Waals surface area contributed by atoms with Crippen LogP contribution in [0.25, 0.3) is 0 Å². The maximum atomic E-state index is 12.6. The summed E-state index contributed by atoms with van der Waals surface area (Å²) in [6.45, 7) is -0.0894. The Labute approximate surface area is 170 Å².